The zero-order valence-corrected chi connectivity index (χ0v) is 34.1. The van der Waals surface area contributed by atoms with Gasteiger partial charge in [0.15, 0.2) is 35.3 Å². The molecule has 6 atom stereocenters. The summed E-state index contributed by atoms with van der Waals surface area (Å²) >= 11 is 18.6. The fourth-order valence-electron chi connectivity index (χ4n) is 5.71. The summed E-state index contributed by atoms with van der Waals surface area (Å²) in [5.41, 5.74) is -5.46. The quantitative estimate of drug-likeness (QED) is 0.140. The number of hydrogen-bond donors (Lipinski definition) is 1. The fraction of sp³-hybridized carbons (Fsp3) is 0.606. The molecule has 1 aromatic heterocycles. The van der Waals surface area contributed by atoms with E-state index in [1.165, 1.54) is 25.8 Å². The molecule has 2 aliphatic rings. The van der Waals surface area contributed by atoms with E-state index in [1.807, 2.05) is 0 Å². The number of aromatic nitrogens is 3. The second kappa shape index (κ2) is 17.5. The van der Waals surface area contributed by atoms with Gasteiger partial charge in [0.25, 0.3) is 0 Å². The van der Waals surface area contributed by atoms with Crippen LogP contribution in [0, 0.1) is 17.5 Å². The minimum absolute atomic E-state index is 0.173. The second-order valence-electron chi connectivity index (χ2n) is 13.5. The lowest BCUT2D eigenvalue weighted by Crippen LogP contribution is -2.71. The number of amides is 2. The van der Waals surface area contributed by atoms with Gasteiger partial charge < -0.3 is 38.6 Å². The number of carbonyl (C=O) groups is 5. The van der Waals surface area contributed by atoms with Crippen molar-refractivity contribution in [2.24, 2.45) is 0 Å². The molecule has 0 radical (unpaired) electrons. The standard InChI is InChI=1S/C33H39Cl3F3N5O11S/c1-8-42(7)28(48)27(32(50)13-43(14-32)30(49)55-31(5,6)33(34,35)36)56-29-26(53-17(4)47)24(25(52-16(3)46)22(54-29)12-51-15(2)45)44-11-21(40-41-44)18-9-19(37)23(39)20(38)10-18/h9-11,22,24-27,29,50H,8,12-14H2,1-7H3/t22-,24+,25+,26-,27+,29+/m1/s1. The Hall–Kier alpha value is -3.56. The van der Waals surface area contributed by atoms with E-state index >= 15 is 0 Å². The number of aliphatic hydroxyl groups is 1. The average Bonchev–Trinajstić information content (AvgIpc) is 3.56. The van der Waals surface area contributed by atoms with Crippen LogP contribution in [0.15, 0.2) is 18.3 Å². The van der Waals surface area contributed by atoms with Crippen molar-refractivity contribution in [3.05, 3.63) is 35.8 Å². The highest BCUT2D eigenvalue weighted by Gasteiger charge is 2.59. The molecular formula is C33H39Cl3F3N5O11S. The lowest BCUT2D eigenvalue weighted by molar-refractivity contribution is -0.212. The van der Waals surface area contributed by atoms with E-state index in [0.29, 0.717) is 23.9 Å². The molecule has 1 aromatic carbocycles. The van der Waals surface area contributed by atoms with Crippen molar-refractivity contribution in [2.45, 2.75) is 91.6 Å². The van der Waals surface area contributed by atoms with E-state index in [4.69, 9.17) is 58.5 Å². The number of nitrogens with zero attached hydrogens (tertiary/aromatic N) is 5. The number of esters is 3. The van der Waals surface area contributed by atoms with Gasteiger partial charge >= 0.3 is 24.0 Å². The molecule has 2 aromatic rings. The number of rotatable bonds is 12. The Balaban J connectivity index is 1.79. The number of ether oxygens (including phenoxy) is 5. The largest absolute Gasteiger partial charge is 0.463 e. The van der Waals surface area contributed by atoms with Gasteiger partial charge in [0.2, 0.25) is 9.70 Å². The highest BCUT2D eigenvalue weighted by molar-refractivity contribution is 8.01. The first-order chi connectivity index (χ1) is 25.9. The number of halogens is 6. The van der Waals surface area contributed by atoms with Crippen LogP contribution in [0.2, 0.25) is 0 Å². The first-order valence-corrected chi connectivity index (χ1v) is 18.8. The van der Waals surface area contributed by atoms with Gasteiger partial charge in [-0.1, -0.05) is 40.0 Å². The van der Waals surface area contributed by atoms with Crippen LogP contribution in [0.25, 0.3) is 11.3 Å². The van der Waals surface area contributed by atoms with Crippen molar-refractivity contribution in [1.82, 2.24) is 24.8 Å². The van der Waals surface area contributed by atoms with E-state index < -0.39 is 117 Å². The number of likely N-dealkylation sites (tertiary alicyclic amines) is 1. The summed E-state index contributed by atoms with van der Waals surface area (Å²) in [7, 11) is 1.46. The molecule has 56 heavy (non-hydrogen) atoms. The van der Waals surface area contributed by atoms with Crippen molar-refractivity contribution >= 4 is 76.5 Å². The van der Waals surface area contributed by atoms with E-state index in [2.05, 4.69) is 10.3 Å². The lowest BCUT2D eigenvalue weighted by atomic mass is 9.89. The summed E-state index contributed by atoms with van der Waals surface area (Å²) in [4.78, 5) is 66.5. The molecule has 16 nitrogen and oxygen atoms in total. The summed E-state index contributed by atoms with van der Waals surface area (Å²) in [5, 5.41) is 18.5. The van der Waals surface area contributed by atoms with Gasteiger partial charge in [-0.15, -0.1) is 16.9 Å². The zero-order chi connectivity index (χ0) is 42.1. The number of alkyl halides is 3. The predicted molar refractivity (Wildman–Crippen MR) is 193 cm³/mol. The summed E-state index contributed by atoms with van der Waals surface area (Å²) in [6, 6.07) is -0.0794. The molecule has 2 amide bonds. The Labute approximate surface area is 338 Å². The molecule has 23 heteroatoms. The van der Waals surface area contributed by atoms with Gasteiger partial charge in [-0.2, -0.15) is 0 Å². The first kappa shape index (κ1) is 45.1. The molecular weight excluding hydrogens is 838 g/mol. The summed E-state index contributed by atoms with van der Waals surface area (Å²) in [6.07, 6.45) is -4.21. The van der Waals surface area contributed by atoms with E-state index in [-0.39, 0.29) is 17.8 Å². The Bertz CT molecular complexity index is 1810. The number of β-amino-alcohol motifs (C(OH)–C–C–N with tert-alkyl or cyclic N) is 1. The van der Waals surface area contributed by atoms with Crippen LogP contribution in [0.5, 0.6) is 0 Å². The van der Waals surface area contributed by atoms with Crippen LogP contribution in [-0.2, 0) is 42.9 Å². The Morgan fingerprint density at radius 3 is 2.12 bits per heavy atom. The fourth-order valence-corrected chi connectivity index (χ4v) is 7.37. The van der Waals surface area contributed by atoms with Gasteiger partial charge in [-0.05, 0) is 32.9 Å². The van der Waals surface area contributed by atoms with Crippen LogP contribution in [0.4, 0.5) is 18.0 Å². The average molecular weight is 877 g/mol. The van der Waals surface area contributed by atoms with Crippen LogP contribution in [0.1, 0.15) is 47.6 Å². The molecule has 1 N–H and O–H groups in total. The minimum atomic E-state index is -2.02. The molecule has 2 fully saturated rings. The zero-order valence-electron chi connectivity index (χ0n) is 31.0. The lowest BCUT2D eigenvalue weighted by Gasteiger charge is -2.52. The van der Waals surface area contributed by atoms with Gasteiger partial charge in [-0.3, -0.25) is 19.2 Å². The van der Waals surface area contributed by atoms with Crippen LogP contribution < -0.4 is 0 Å². The maximum Gasteiger partial charge on any atom is 0.410 e. The van der Waals surface area contributed by atoms with Crippen molar-refractivity contribution in [3.8, 4) is 11.3 Å². The summed E-state index contributed by atoms with van der Waals surface area (Å²) in [5.74, 6) is -7.91. The van der Waals surface area contributed by atoms with E-state index in [1.54, 1.807) is 6.92 Å². The van der Waals surface area contributed by atoms with Gasteiger partial charge in [-0.25, -0.2) is 22.6 Å². The second-order valence-corrected chi connectivity index (χ2v) is 17.0. The Morgan fingerprint density at radius 2 is 1.61 bits per heavy atom. The Morgan fingerprint density at radius 1 is 1.04 bits per heavy atom. The van der Waals surface area contributed by atoms with Crippen LogP contribution in [-0.4, -0.2) is 137 Å². The third kappa shape index (κ3) is 10.1. The third-order valence-corrected chi connectivity index (χ3v) is 11.7. The number of benzene rings is 1. The van der Waals surface area contributed by atoms with Crippen molar-refractivity contribution in [1.29, 1.82) is 0 Å². The Kier molecular flexibility index (Phi) is 14.1. The summed E-state index contributed by atoms with van der Waals surface area (Å²) < 4.78 is 69.4. The molecule has 2 aliphatic heterocycles. The molecule has 0 aliphatic carbocycles. The van der Waals surface area contributed by atoms with Crippen molar-refractivity contribution in [2.75, 3.05) is 33.3 Å². The number of thioether (sulfide) groups is 1. The highest BCUT2D eigenvalue weighted by Crippen LogP contribution is 2.45. The third-order valence-electron chi connectivity index (χ3n) is 8.81. The smallest absolute Gasteiger partial charge is 0.410 e. The number of carbonyl (C=O) groups excluding carboxylic acids is 5. The summed E-state index contributed by atoms with van der Waals surface area (Å²) in [6.45, 7) is 6.31. The molecule has 0 spiro atoms. The molecule has 310 valence electrons. The molecule has 4 rings (SSSR count). The van der Waals surface area contributed by atoms with E-state index in [9.17, 15) is 42.3 Å². The molecule has 0 saturated carbocycles. The van der Waals surface area contributed by atoms with Gasteiger partial charge in [0, 0.05) is 39.9 Å². The van der Waals surface area contributed by atoms with Gasteiger partial charge in [0.05, 0.1) is 19.3 Å². The maximum atomic E-state index is 14.2. The SMILES string of the molecule is CCN(C)C(=O)[C@H](S[C@@H]1O[C@H](COC(C)=O)[C@H](OC(C)=O)[C@H](n2cc(-c3cc(F)c(F)c(F)c3)nn2)[C@H]1OC(C)=O)C1(O)CN(C(=O)OC(C)(C)C(Cl)(Cl)Cl)C1. The first-order valence-electron chi connectivity index (χ1n) is 16.8. The number of hydrogen-bond acceptors (Lipinski definition) is 14. The van der Waals surface area contributed by atoms with Crippen LogP contribution in [0.3, 0.4) is 0 Å². The molecule has 3 heterocycles. The van der Waals surface area contributed by atoms with Crippen molar-refractivity contribution < 1.29 is 65.9 Å². The molecule has 0 bridgehead atoms. The molecule has 2 saturated heterocycles. The molecule has 0 unspecified atom stereocenters. The van der Waals surface area contributed by atoms with Crippen LogP contribution >= 0.6 is 46.6 Å². The van der Waals surface area contributed by atoms with Crippen molar-refractivity contribution in [3.63, 3.8) is 0 Å². The topological polar surface area (TPSA) is 189 Å². The monoisotopic (exact) mass is 875 g/mol. The normalized spacial score (nSPS) is 22.7. The predicted octanol–water partition coefficient (Wildman–Crippen LogP) is 3.97. The van der Waals surface area contributed by atoms with E-state index in [0.717, 1.165) is 36.5 Å². The highest BCUT2D eigenvalue weighted by atomic mass is 35.6. The minimum Gasteiger partial charge on any atom is -0.463 e. The van der Waals surface area contributed by atoms with Gasteiger partial charge in [0.1, 0.15) is 40.7 Å². The maximum absolute atomic E-state index is 14.2.